The predicted molar refractivity (Wildman–Crippen MR) is 402 cm³/mol. The molecule has 0 fully saturated rings. The molecule has 0 aliphatic heterocycles. The smallest absolute Gasteiger partial charge is 0.408 e. The number of ether oxygens (including phenoxy) is 5. The normalized spacial score (nSPS) is 11.6. The van der Waals surface area contributed by atoms with Crippen molar-refractivity contribution in [2.75, 3.05) is 21.3 Å². The predicted octanol–water partition coefficient (Wildman–Crippen LogP) is 16.7. The van der Waals surface area contributed by atoms with Crippen molar-refractivity contribution in [2.45, 2.75) is 110 Å². The molecule has 6 aromatic heterocycles. The number of benzene rings is 6. The quantitative estimate of drug-likeness (QED) is 0.0566. The van der Waals surface area contributed by atoms with E-state index in [9.17, 15) is 9.59 Å². The molecule has 3 radical (unpaired) electrons. The molecule has 0 saturated carbocycles. The van der Waals surface area contributed by atoms with Crippen molar-refractivity contribution in [3.8, 4) is 75.8 Å². The van der Waals surface area contributed by atoms with Crippen LogP contribution >= 0.6 is 15.9 Å². The summed E-state index contributed by atoms with van der Waals surface area (Å²) in [6.07, 6.45) is 23.7. The fourth-order valence-electron chi connectivity index (χ4n) is 9.90. The van der Waals surface area contributed by atoms with Crippen molar-refractivity contribution < 1.29 is 48.0 Å². The Bertz CT molecular complexity index is 4730. The lowest BCUT2D eigenvalue weighted by molar-refractivity contribution is 0.0504. The Morgan fingerprint density at radius 3 is 1.34 bits per heavy atom. The van der Waals surface area contributed by atoms with Gasteiger partial charge in [0.15, 0.2) is 10.4 Å². The number of pyridine rings is 3. The topological polar surface area (TPSA) is 247 Å². The van der Waals surface area contributed by atoms with Gasteiger partial charge in [0.05, 0.1) is 52.0 Å². The number of nitrogens with one attached hydrogen (secondary N) is 2. The molecular weight excluding hydrogens is 1340 g/mol. The number of alkyl carbamates (subject to hydrolysis) is 2. The molecule has 6 heterocycles. The summed E-state index contributed by atoms with van der Waals surface area (Å²) < 4.78 is 44.0. The summed E-state index contributed by atoms with van der Waals surface area (Å²) in [6.45, 7) is 10.9. The summed E-state index contributed by atoms with van der Waals surface area (Å²) in [5, 5.41) is 12.1. The van der Waals surface area contributed by atoms with Gasteiger partial charge in [-0.1, -0.05) is 73.9 Å². The largest absolute Gasteiger partial charge is 0.497 e. The number of aryl methyl sites for hydroxylation is 1. The Labute approximate surface area is 601 Å². The van der Waals surface area contributed by atoms with Crippen LogP contribution in [0.4, 0.5) is 9.59 Å². The van der Waals surface area contributed by atoms with Crippen molar-refractivity contribution in [3.63, 3.8) is 0 Å². The van der Waals surface area contributed by atoms with E-state index in [1.807, 2.05) is 167 Å². The number of fused-ring (bicyclic) bond motifs is 3. The number of methoxy groups -OCH3 is 3. The average Bonchev–Trinajstić information content (AvgIpc) is 1.20. The van der Waals surface area contributed by atoms with Crippen LogP contribution in [0.1, 0.15) is 85.0 Å². The molecule has 0 aliphatic carbocycles. The SMILES string of the molecule is Brc1cnc(-c2ccc3cnccc3c2)o1.C.C#C[C@H](Cc1ccc(OC)cc1)NC(=O)OC(C)(C)C.COc1ccc(C[C@@H](C#Cc2cnc(-c3ccc4cnccc4c3)o2)NC(=O)OC(C)(C)C)cc1.COc1ccc(C[C@H](N)CCc2cnc(-c3ccc4cnccc4c3)o2)cc1.[2HH].[B]. The van der Waals surface area contributed by atoms with Gasteiger partial charge in [0, 0.05) is 105 Å². The number of carbonyl (C=O) groups is 2. The van der Waals surface area contributed by atoms with Crippen molar-refractivity contribution in [1.82, 2.24) is 40.5 Å². The van der Waals surface area contributed by atoms with Crippen LogP contribution in [0.25, 0.3) is 66.7 Å². The number of halogens is 1. The third kappa shape index (κ3) is 24.3. The maximum absolute atomic E-state index is 12.4. The summed E-state index contributed by atoms with van der Waals surface area (Å²) in [5.74, 6) is 14.0. The highest BCUT2D eigenvalue weighted by molar-refractivity contribution is 9.10. The van der Waals surface area contributed by atoms with Crippen molar-refractivity contribution >= 4 is 68.8 Å². The van der Waals surface area contributed by atoms with Gasteiger partial charge in [-0.15, -0.1) is 6.42 Å². The molecule has 4 N–H and O–H groups in total. The van der Waals surface area contributed by atoms with Crippen molar-refractivity contribution in [3.05, 3.63) is 234 Å². The van der Waals surface area contributed by atoms with Crippen LogP contribution in [0.3, 0.4) is 0 Å². The summed E-state index contributed by atoms with van der Waals surface area (Å²) >= 11 is 3.24. The van der Waals surface area contributed by atoms with Gasteiger partial charge >= 0.3 is 12.2 Å². The van der Waals surface area contributed by atoms with Crippen LogP contribution in [-0.4, -0.2) is 101 Å². The molecule has 2 amide bonds. The molecule has 3 atom stereocenters. The highest BCUT2D eigenvalue weighted by Crippen LogP contribution is 2.28. The first kappa shape index (κ1) is 77.1. The summed E-state index contributed by atoms with van der Waals surface area (Å²) in [5.41, 5.74) is 11.1. The first-order valence-corrected chi connectivity index (χ1v) is 32.6. The molecule has 21 heteroatoms. The molecular formula is C80H84BBrN9O10. The second kappa shape index (κ2) is 37.1. The zero-order chi connectivity index (χ0) is 70.3. The fraction of sp³-hybridized carbons (Fsp3) is 0.250. The van der Waals surface area contributed by atoms with E-state index >= 15 is 0 Å². The number of aromatic nitrogens is 6. The number of rotatable bonds is 17. The number of amides is 2. The molecule has 519 valence electrons. The Hall–Kier alpha value is -11.3. The Morgan fingerprint density at radius 1 is 0.525 bits per heavy atom. The van der Waals surface area contributed by atoms with E-state index in [0.29, 0.717) is 40.9 Å². The van der Waals surface area contributed by atoms with E-state index in [-0.39, 0.29) is 23.3 Å². The van der Waals surface area contributed by atoms with Gasteiger partial charge in [-0.25, -0.2) is 24.5 Å². The second-order valence-electron chi connectivity index (χ2n) is 24.7. The number of nitrogens with zero attached hydrogens (tertiary/aromatic N) is 6. The van der Waals surface area contributed by atoms with Crippen LogP contribution in [0.5, 0.6) is 17.2 Å². The Morgan fingerprint density at radius 2 is 0.921 bits per heavy atom. The van der Waals surface area contributed by atoms with E-state index in [2.05, 4.69) is 92.4 Å². The van der Waals surface area contributed by atoms with Gasteiger partial charge in [0.2, 0.25) is 17.7 Å². The highest BCUT2D eigenvalue weighted by Gasteiger charge is 2.21. The van der Waals surface area contributed by atoms with Gasteiger partial charge in [-0.3, -0.25) is 15.0 Å². The van der Waals surface area contributed by atoms with Crippen molar-refractivity contribution in [2.24, 2.45) is 5.73 Å². The lowest BCUT2D eigenvalue weighted by Gasteiger charge is -2.21. The van der Waals surface area contributed by atoms with E-state index in [4.69, 9.17) is 49.1 Å². The molecule has 12 aromatic rings. The van der Waals surface area contributed by atoms with Crippen LogP contribution in [0.15, 0.2) is 219 Å². The van der Waals surface area contributed by atoms with Crippen molar-refractivity contribution in [1.29, 1.82) is 0 Å². The summed E-state index contributed by atoms with van der Waals surface area (Å²) in [7, 11) is 4.90. The zero-order valence-electron chi connectivity index (χ0n) is 57.2. The molecule has 0 spiro atoms. The molecule has 19 nitrogen and oxygen atoms in total. The minimum atomic E-state index is -0.613. The summed E-state index contributed by atoms with van der Waals surface area (Å²) in [6, 6.07) is 46.3. The molecule has 12 rings (SSSR count). The van der Waals surface area contributed by atoms with Gasteiger partial charge in [0.1, 0.15) is 34.2 Å². The first-order chi connectivity index (χ1) is 47.7. The number of oxazole rings is 3. The van der Waals surface area contributed by atoms with Crippen LogP contribution in [0.2, 0.25) is 0 Å². The number of terminal acetylenes is 1. The fourth-order valence-corrected chi connectivity index (χ4v) is 10.2. The molecule has 0 saturated heterocycles. The van der Waals surface area contributed by atoms with E-state index < -0.39 is 35.5 Å². The van der Waals surface area contributed by atoms with E-state index in [0.717, 1.165) is 102 Å². The molecule has 0 aliphatic rings. The van der Waals surface area contributed by atoms with Crippen LogP contribution < -0.4 is 30.6 Å². The lowest BCUT2D eigenvalue weighted by Crippen LogP contribution is -2.39. The van der Waals surface area contributed by atoms with Gasteiger partial charge in [0.25, 0.3) is 0 Å². The molecule has 6 aromatic carbocycles. The minimum absolute atomic E-state index is 0. The number of hydrogen-bond acceptors (Lipinski definition) is 17. The van der Waals surface area contributed by atoms with E-state index in [1.165, 1.54) is 5.56 Å². The monoisotopic (exact) mass is 1420 g/mol. The zero-order valence-corrected chi connectivity index (χ0v) is 58.8. The first-order valence-electron chi connectivity index (χ1n) is 31.8. The van der Waals surface area contributed by atoms with Gasteiger partial charge < -0.3 is 53.3 Å². The molecule has 101 heavy (non-hydrogen) atoms. The average molecular weight is 1420 g/mol. The van der Waals surface area contributed by atoms with Crippen LogP contribution in [-0.2, 0) is 35.2 Å². The Kier molecular flexibility index (Phi) is 28.3. The third-order valence-electron chi connectivity index (χ3n) is 14.8. The Balaban J connectivity index is 0.000000220. The molecule has 0 bridgehead atoms. The molecule has 0 unspecified atom stereocenters. The number of carbonyl (C=O) groups excluding carboxylic acids is 2. The highest BCUT2D eigenvalue weighted by atomic mass is 79.9. The second-order valence-corrected chi connectivity index (χ2v) is 25.5. The van der Waals surface area contributed by atoms with E-state index in [1.54, 1.807) is 79.3 Å². The lowest BCUT2D eigenvalue weighted by atomic mass is 10.0. The number of hydrogen-bond donors (Lipinski definition) is 3. The minimum Gasteiger partial charge on any atom is -0.497 e. The maximum atomic E-state index is 12.4. The maximum Gasteiger partial charge on any atom is 0.408 e. The third-order valence-corrected chi connectivity index (χ3v) is 15.1. The summed E-state index contributed by atoms with van der Waals surface area (Å²) in [4.78, 5) is 49.4. The van der Waals surface area contributed by atoms with Gasteiger partial charge in [-0.05, 0) is 200 Å². The standard InChI is InChI=1S/C28H27N3O4.C23H23N3O2.C16H21NO3.C12H7BrN2O.CH4.B.H2/c1-28(2,3)35-27(32)31-23(15-19-5-10-24(33-4)11-6-19)9-12-25-18-30-26(34-25)21-7-8-22-17-29-14-13-20(22)16-21;1-27-21-7-2-16(3-8-21)12-20(24)6-9-22-15-26-23(28-22)18-4-5-19-14-25-11-10-17(19)13-18;1-6-13(17-15(18)20-16(2,3)4)11-12-7-9-14(19-5)10-8-12;13-11-7-15-12(16-11)9-1-2-10-6-14-4-3-8(10)5-9;;;/h5-8,10-11,13-14,16-18,23H,15H2,1-4H3,(H,31,32);2-5,7-8,10-11,13-15,20H,6,9,12,24H2,1H3;1,7-10,13H,11H2,2-5H3,(H,17,18);1-7H;1H4;;1H/t23-;20-;13-;;;;/m111..../s1/i;;;;;;1+1. The number of nitrogens with two attached hydrogens (primary N) is 1. The van der Waals surface area contributed by atoms with Gasteiger partial charge in [-0.2, -0.15) is 0 Å². The van der Waals surface area contributed by atoms with Crippen LogP contribution in [0, 0.1) is 24.2 Å².